The Morgan fingerprint density at radius 1 is 1.25 bits per heavy atom. The van der Waals surface area contributed by atoms with Gasteiger partial charge in [0, 0.05) is 17.2 Å². The van der Waals surface area contributed by atoms with Crippen molar-refractivity contribution in [1.82, 2.24) is 4.83 Å². The first-order valence-corrected chi connectivity index (χ1v) is 8.26. The van der Waals surface area contributed by atoms with Crippen molar-refractivity contribution in [3.05, 3.63) is 63.7 Å². The molecule has 0 aliphatic heterocycles. The lowest BCUT2D eigenvalue weighted by atomic mass is 10.2. The number of nitro benzene ring substituents is 1. The summed E-state index contributed by atoms with van der Waals surface area (Å²) < 4.78 is 29.5. The van der Waals surface area contributed by atoms with Crippen LogP contribution in [0.3, 0.4) is 0 Å². The van der Waals surface area contributed by atoms with Crippen LogP contribution < -0.4 is 9.57 Å². The van der Waals surface area contributed by atoms with Gasteiger partial charge in [-0.25, -0.2) is 4.83 Å². The molecule has 0 saturated carbocycles. The molecule has 0 radical (unpaired) electrons. The van der Waals surface area contributed by atoms with Gasteiger partial charge in [-0.15, -0.1) is 0 Å². The highest BCUT2D eigenvalue weighted by Gasteiger charge is 2.19. The van der Waals surface area contributed by atoms with E-state index in [1.807, 2.05) is 4.83 Å². The molecule has 0 bridgehead atoms. The van der Waals surface area contributed by atoms with Crippen molar-refractivity contribution in [2.75, 3.05) is 7.11 Å². The Labute approximate surface area is 139 Å². The molecule has 0 spiro atoms. The Hall–Kier alpha value is -2.94. The van der Waals surface area contributed by atoms with Crippen molar-refractivity contribution in [2.45, 2.75) is 11.8 Å². The summed E-state index contributed by atoms with van der Waals surface area (Å²) in [4.78, 5) is 12.1. The minimum Gasteiger partial charge on any atom is -0.496 e. The average Bonchev–Trinajstić information content (AvgIpc) is 2.55. The van der Waals surface area contributed by atoms with E-state index in [1.165, 1.54) is 32.4 Å². The fraction of sp³-hybridized carbons (Fsp3) is 0.133. The van der Waals surface area contributed by atoms with Gasteiger partial charge in [0.25, 0.3) is 15.7 Å². The quantitative estimate of drug-likeness (QED) is 0.488. The maximum Gasteiger partial charge on any atom is 0.276 e. The minimum absolute atomic E-state index is 0.239. The molecule has 0 aliphatic carbocycles. The monoisotopic (exact) mass is 349 g/mol. The predicted octanol–water partition coefficient (Wildman–Crippen LogP) is 2.22. The number of hydrogen-bond acceptors (Lipinski definition) is 6. The maximum atomic E-state index is 12.2. The van der Waals surface area contributed by atoms with Crippen LogP contribution in [0.1, 0.15) is 11.1 Å². The van der Waals surface area contributed by atoms with E-state index in [-0.39, 0.29) is 10.6 Å². The molecular formula is C15H15N3O5S. The second-order valence-electron chi connectivity index (χ2n) is 4.80. The third kappa shape index (κ3) is 3.87. The SMILES string of the molecule is COc1ccccc1/C=N\NS(=O)(=O)c1ccc(C)c([N+](=O)[O-])c1. The Morgan fingerprint density at radius 3 is 2.62 bits per heavy atom. The standard InChI is InChI=1S/C15H15N3O5S/c1-11-7-8-13(9-14(11)18(19)20)24(21,22)17-16-10-12-5-3-4-6-15(12)23-2/h3-10,17H,1-2H3/b16-10-. The third-order valence-corrected chi connectivity index (χ3v) is 4.42. The number of hydrazone groups is 1. The van der Waals surface area contributed by atoms with Crippen LogP contribution in [-0.4, -0.2) is 26.7 Å². The molecule has 24 heavy (non-hydrogen) atoms. The zero-order chi connectivity index (χ0) is 17.7. The number of ether oxygens (including phenoxy) is 1. The highest BCUT2D eigenvalue weighted by Crippen LogP contribution is 2.22. The summed E-state index contributed by atoms with van der Waals surface area (Å²) in [5.74, 6) is 0.534. The van der Waals surface area contributed by atoms with Crippen LogP contribution in [-0.2, 0) is 10.0 Å². The number of nitro groups is 1. The lowest BCUT2D eigenvalue weighted by Crippen LogP contribution is -2.18. The van der Waals surface area contributed by atoms with Crippen molar-refractivity contribution in [3.63, 3.8) is 0 Å². The van der Waals surface area contributed by atoms with Gasteiger partial charge in [-0.2, -0.15) is 13.5 Å². The van der Waals surface area contributed by atoms with Crippen molar-refractivity contribution in [3.8, 4) is 5.75 Å². The molecule has 0 atom stereocenters. The van der Waals surface area contributed by atoms with Crippen molar-refractivity contribution in [1.29, 1.82) is 0 Å². The topological polar surface area (TPSA) is 111 Å². The Bertz CT molecular complexity index is 894. The maximum absolute atomic E-state index is 12.2. The van der Waals surface area contributed by atoms with E-state index in [0.29, 0.717) is 16.9 Å². The molecule has 1 N–H and O–H groups in total. The van der Waals surface area contributed by atoms with E-state index in [1.54, 1.807) is 24.3 Å². The van der Waals surface area contributed by atoms with Gasteiger partial charge in [-0.05, 0) is 25.1 Å². The number of benzene rings is 2. The lowest BCUT2D eigenvalue weighted by molar-refractivity contribution is -0.385. The van der Waals surface area contributed by atoms with Crippen LogP contribution in [0, 0.1) is 17.0 Å². The highest BCUT2D eigenvalue weighted by molar-refractivity contribution is 7.89. The zero-order valence-electron chi connectivity index (χ0n) is 13.0. The first-order chi connectivity index (χ1) is 11.3. The van der Waals surface area contributed by atoms with Crippen LogP contribution in [0.4, 0.5) is 5.69 Å². The summed E-state index contributed by atoms with van der Waals surface area (Å²) in [5.41, 5.74) is 0.681. The molecule has 0 amide bonds. The van der Waals surface area contributed by atoms with Gasteiger partial charge in [0.1, 0.15) is 5.75 Å². The molecule has 0 heterocycles. The average molecular weight is 349 g/mol. The Kier molecular flexibility index (Phi) is 5.14. The van der Waals surface area contributed by atoms with E-state index < -0.39 is 14.9 Å². The molecule has 2 aromatic carbocycles. The fourth-order valence-corrected chi connectivity index (χ4v) is 2.75. The van der Waals surface area contributed by atoms with Crippen LogP contribution in [0.15, 0.2) is 52.5 Å². The van der Waals surface area contributed by atoms with Gasteiger partial charge in [0.15, 0.2) is 0 Å². The Balaban J connectivity index is 2.24. The summed E-state index contributed by atoms with van der Waals surface area (Å²) in [7, 11) is -2.53. The first kappa shape index (κ1) is 17.4. The van der Waals surface area contributed by atoms with Crippen LogP contribution >= 0.6 is 0 Å². The molecule has 8 nitrogen and oxygen atoms in total. The molecule has 0 aromatic heterocycles. The second kappa shape index (κ2) is 7.09. The van der Waals surface area contributed by atoms with E-state index in [9.17, 15) is 18.5 Å². The Morgan fingerprint density at radius 2 is 1.96 bits per heavy atom. The molecular weight excluding hydrogens is 334 g/mol. The first-order valence-electron chi connectivity index (χ1n) is 6.78. The van der Waals surface area contributed by atoms with Crippen molar-refractivity contribution < 1.29 is 18.1 Å². The molecule has 0 unspecified atom stereocenters. The number of methoxy groups -OCH3 is 1. The van der Waals surface area contributed by atoms with Crippen molar-refractivity contribution >= 4 is 21.9 Å². The number of para-hydroxylation sites is 1. The summed E-state index contributed by atoms with van der Waals surface area (Å²) in [6, 6.07) is 10.6. The molecule has 2 rings (SSSR count). The summed E-state index contributed by atoms with van der Waals surface area (Å²) in [6.07, 6.45) is 1.29. The van der Waals surface area contributed by atoms with Gasteiger partial charge in [0.2, 0.25) is 0 Å². The van der Waals surface area contributed by atoms with E-state index >= 15 is 0 Å². The second-order valence-corrected chi connectivity index (χ2v) is 6.46. The fourth-order valence-electron chi connectivity index (χ4n) is 1.94. The van der Waals surface area contributed by atoms with Crippen LogP contribution in [0.5, 0.6) is 5.75 Å². The van der Waals surface area contributed by atoms with Gasteiger partial charge in [0.05, 0.1) is 23.1 Å². The smallest absolute Gasteiger partial charge is 0.276 e. The molecule has 9 heteroatoms. The molecule has 0 saturated heterocycles. The molecule has 0 fully saturated rings. The summed E-state index contributed by atoms with van der Waals surface area (Å²) >= 11 is 0. The normalized spacial score (nSPS) is 11.4. The van der Waals surface area contributed by atoms with E-state index in [2.05, 4.69) is 5.10 Å². The highest BCUT2D eigenvalue weighted by atomic mass is 32.2. The minimum atomic E-state index is -4.02. The van der Waals surface area contributed by atoms with Gasteiger partial charge in [-0.3, -0.25) is 10.1 Å². The zero-order valence-corrected chi connectivity index (χ0v) is 13.8. The predicted molar refractivity (Wildman–Crippen MR) is 88.7 cm³/mol. The number of nitrogens with zero attached hydrogens (tertiary/aromatic N) is 2. The summed E-state index contributed by atoms with van der Waals surface area (Å²) in [5, 5.41) is 14.6. The summed E-state index contributed by atoms with van der Waals surface area (Å²) in [6.45, 7) is 1.53. The van der Waals surface area contributed by atoms with Crippen LogP contribution in [0.25, 0.3) is 0 Å². The molecule has 0 aliphatic rings. The van der Waals surface area contributed by atoms with E-state index in [4.69, 9.17) is 4.74 Å². The largest absolute Gasteiger partial charge is 0.496 e. The van der Waals surface area contributed by atoms with E-state index in [0.717, 1.165) is 6.07 Å². The van der Waals surface area contributed by atoms with Gasteiger partial charge in [-0.1, -0.05) is 18.2 Å². The van der Waals surface area contributed by atoms with Gasteiger partial charge < -0.3 is 4.74 Å². The number of sulfonamides is 1. The van der Waals surface area contributed by atoms with Gasteiger partial charge >= 0.3 is 0 Å². The molecule has 126 valence electrons. The molecule has 2 aromatic rings. The lowest BCUT2D eigenvalue weighted by Gasteiger charge is -2.05. The number of hydrogen-bond donors (Lipinski definition) is 1. The number of nitrogens with one attached hydrogen (secondary N) is 1. The van der Waals surface area contributed by atoms with Crippen molar-refractivity contribution in [2.24, 2.45) is 5.10 Å². The third-order valence-electron chi connectivity index (χ3n) is 3.20. The number of aryl methyl sites for hydroxylation is 1. The number of rotatable bonds is 6. The van der Waals surface area contributed by atoms with Crippen LogP contribution in [0.2, 0.25) is 0 Å².